The zero-order valence-electron chi connectivity index (χ0n) is 15.4. The fourth-order valence-electron chi connectivity index (χ4n) is 2.57. The molecule has 2 aromatic rings. The van der Waals surface area contributed by atoms with Crippen molar-refractivity contribution >= 4 is 17.6 Å². The molecule has 6 nitrogen and oxygen atoms in total. The van der Waals surface area contributed by atoms with E-state index >= 15 is 0 Å². The lowest BCUT2D eigenvalue weighted by atomic mass is 10.1. The van der Waals surface area contributed by atoms with Gasteiger partial charge in [0, 0.05) is 18.8 Å². The van der Waals surface area contributed by atoms with E-state index in [-0.39, 0.29) is 5.91 Å². The number of methoxy groups -OCH3 is 1. The predicted octanol–water partition coefficient (Wildman–Crippen LogP) is 2.94. The topological polar surface area (TPSA) is 70.7 Å². The summed E-state index contributed by atoms with van der Waals surface area (Å²) in [4.78, 5) is 26.1. The molecule has 0 fully saturated rings. The Kier molecular flexibility index (Phi) is 7.02. The quantitative estimate of drug-likeness (QED) is 0.801. The van der Waals surface area contributed by atoms with E-state index < -0.39 is 12.1 Å². The molecule has 0 saturated carbocycles. The highest BCUT2D eigenvalue weighted by atomic mass is 16.5. The van der Waals surface area contributed by atoms with E-state index in [0.717, 1.165) is 17.0 Å². The summed E-state index contributed by atoms with van der Waals surface area (Å²) in [5.74, 6) is 0.385. The second kappa shape index (κ2) is 9.46. The zero-order chi connectivity index (χ0) is 18.9. The van der Waals surface area contributed by atoms with Crippen molar-refractivity contribution < 1.29 is 14.3 Å². The normalized spacial score (nSPS) is 11.3. The minimum absolute atomic E-state index is 0.359. The average molecular weight is 355 g/mol. The Labute approximate surface area is 154 Å². The van der Waals surface area contributed by atoms with Gasteiger partial charge in [-0.05, 0) is 43.7 Å². The standard InChI is InChI=1S/C20H25N3O3/c1-4-21-20(25)22-19(24)15(2)23(14-16-8-6-5-7-9-16)17-10-12-18(26-3)13-11-17/h5-13,15H,4,14H2,1-3H3,(H2,21,22,24,25). The molecule has 0 aliphatic rings. The van der Waals surface area contributed by atoms with Crippen LogP contribution >= 0.6 is 0 Å². The van der Waals surface area contributed by atoms with Crippen LogP contribution < -0.4 is 20.3 Å². The van der Waals surface area contributed by atoms with Gasteiger partial charge in [0.2, 0.25) is 5.91 Å². The van der Waals surface area contributed by atoms with Gasteiger partial charge in [0.05, 0.1) is 7.11 Å². The van der Waals surface area contributed by atoms with Gasteiger partial charge >= 0.3 is 6.03 Å². The maximum atomic E-state index is 12.5. The van der Waals surface area contributed by atoms with E-state index in [9.17, 15) is 9.59 Å². The maximum absolute atomic E-state index is 12.5. The molecule has 0 aromatic heterocycles. The molecule has 0 bridgehead atoms. The highest BCUT2D eigenvalue weighted by molar-refractivity contribution is 5.98. The molecule has 26 heavy (non-hydrogen) atoms. The fraction of sp³-hybridized carbons (Fsp3) is 0.300. The molecule has 0 aliphatic heterocycles. The molecular formula is C20H25N3O3. The largest absolute Gasteiger partial charge is 0.497 e. The third-order valence-electron chi connectivity index (χ3n) is 4.02. The number of hydrogen-bond acceptors (Lipinski definition) is 4. The molecule has 0 saturated heterocycles. The van der Waals surface area contributed by atoms with Crippen LogP contribution in [0.4, 0.5) is 10.5 Å². The molecule has 0 heterocycles. The highest BCUT2D eigenvalue weighted by Crippen LogP contribution is 2.23. The van der Waals surface area contributed by atoms with Gasteiger partial charge < -0.3 is 15.0 Å². The molecule has 0 radical (unpaired) electrons. The molecule has 2 rings (SSSR count). The molecule has 1 unspecified atom stereocenters. The van der Waals surface area contributed by atoms with E-state index in [1.807, 2.05) is 59.5 Å². The first kappa shape index (κ1) is 19.3. The Morgan fingerprint density at radius 2 is 1.73 bits per heavy atom. The summed E-state index contributed by atoms with van der Waals surface area (Å²) in [5, 5.41) is 4.95. The molecule has 6 heteroatoms. The third kappa shape index (κ3) is 5.24. The molecule has 138 valence electrons. The Morgan fingerprint density at radius 1 is 1.08 bits per heavy atom. The molecule has 0 aliphatic carbocycles. The molecule has 0 spiro atoms. The van der Waals surface area contributed by atoms with Crippen LogP contribution in [0.15, 0.2) is 54.6 Å². The summed E-state index contributed by atoms with van der Waals surface area (Å²) in [7, 11) is 1.61. The zero-order valence-corrected chi connectivity index (χ0v) is 15.4. The van der Waals surface area contributed by atoms with Gasteiger partial charge in [-0.15, -0.1) is 0 Å². The van der Waals surface area contributed by atoms with Crippen LogP contribution in [0.2, 0.25) is 0 Å². The Morgan fingerprint density at radius 3 is 2.31 bits per heavy atom. The number of hydrogen-bond donors (Lipinski definition) is 2. The summed E-state index contributed by atoms with van der Waals surface area (Å²) in [6.45, 7) is 4.57. The summed E-state index contributed by atoms with van der Waals surface area (Å²) < 4.78 is 5.20. The van der Waals surface area contributed by atoms with Crippen molar-refractivity contribution in [1.29, 1.82) is 0 Å². The number of ether oxygens (including phenoxy) is 1. The SMILES string of the molecule is CCNC(=O)NC(=O)C(C)N(Cc1ccccc1)c1ccc(OC)cc1. The van der Waals surface area contributed by atoms with Crippen molar-refractivity contribution in [3.05, 3.63) is 60.2 Å². The van der Waals surface area contributed by atoms with Gasteiger partial charge in [-0.2, -0.15) is 0 Å². The van der Waals surface area contributed by atoms with E-state index in [0.29, 0.717) is 13.1 Å². The number of benzene rings is 2. The number of amides is 3. The maximum Gasteiger partial charge on any atom is 0.321 e. The second-order valence-electron chi connectivity index (χ2n) is 5.84. The van der Waals surface area contributed by atoms with Crippen molar-refractivity contribution in [1.82, 2.24) is 10.6 Å². The second-order valence-corrected chi connectivity index (χ2v) is 5.84. The van der Waals surface area contributed by atoms with Gasteiger partial charge in [-0.25, -0.2) is 4.79 Å². The summed E-state index contributed by atoms with van der Waals surface area (Å²) in [5.41, 5.74) is 1.94. The van der Waals surface area contributed by atoms with Gasteiger partial charge in [0.15, 0.2) is 0 Å². The number of nitrogens with zero attached hydrogens (tertiary/aromatic N) is 1. The predicted molar refractivity (Wildman–Crippen MR) is 102 cm³/mol. The van der Waals surface area contributed by atoms with Gasteiger partial charge in [-0.1, -0.05) is 30.3 Å². The van der Waals surface area contributed by atoms with Crippen LogP contribution in [0.5, 0.6) is 5.75 Å². The summed E-state index contributed by atoms with van der Waals surface area (Å²) in [6.07, 6.45) is 0. The number of imide groups is 1. The first-order valence-electron chi connectivity index (χ1n) is 8.58. The van der Waals surface area contributed by atoms with Crippen LogP contribution in [0.3, 0.4) is 0 Å². The van der Waals surface area contributed by atoms with E-state index in [1.54, 1.807) is 21.0 Å². The van der Waals surface area contributed by atoms with Crippen molar-refractivity contribution in [2.45, 2.75) is 26.4 Å². The van der Waals surface area contributed by atoms with E-state index in [4.69, 9.17) is 4.74 Å². The van der Waals surface area contributed by atoms with Crippen molar-refractivity contribution in [2.24, 2.45) is 0 Å². The lowest BCUT2D eigenvalue weighted by Crippen LogP contribution is -2.49. The van der Waals surface area contributed by atoms with Crippen LogP contribution in [-0.2, 0) is 11.3 Å². The monoisotopic (exact) mass is 355 g/mol. The summed E-state index contributed by atoms with van der Waals surface area (Å²) >= 11 is 0. The Balaban J connectivity index is 2.23. The Bertz CT molecular complexity index is 717. The van der Waals surface area contributed by atoms with Crippen LogP contribution in [-0.4, -0.2) is 31.6 Å². The summed E-state index contributed by atoms with van der Waals surface area (Å²) in [6, 6.07) is 16.4. The van der Waals surface area contributed by atoms with Gasteiger partial charge in [-0.3, -0.25) is 10.1 Å². The molecule has 2 N–H and O–H groups in total. The molecule has 1 atom stereocenters. The number of rotatable bonds is 7. The van der Waals surface area contributed by atoms with Crippen molar-refractivity contribution in [3.63, 3.8) is 0 Å². The lowest BCUT2D eigenvalue weighted by molar-refractivity contribution is -0.121. The number of carbonyl (C=O) groups is 2. The first-order valence-corrected chi connectivity index (χ1v) is 8.58. The first-order chi connectivity index (χ1) is 12.5. The highest BCUT2D eigenvalue weighted by Gasteiger charge is 2.23. The molecule has 2 aromatic carbocycles. The van der Waals surface area contributed by atoms with Gasteiger partial charge in [0.1, 0.15) is 11.8 Å². The Hall–Kier alpha value is -3.02. The average Bonchev–Trinajstić information content (AvgIpc) is 2.66. The fourth-order valence-corrected chi connectivity index (χ4v) is 2.57. The molecular weight excluding hydrogens is 330 g/mol. The number of anilines is 1. The minimum Gasteiger partial charge on any atom is -0.497 e. The molecule has 3 amide bonds. The number of nitrogens with one attached hydrogen (secondary N) is 2. The van der Waals surface area contributed by atoms with Gasteiger partial charge in [0.25, 0.3) is 0 Å². The lowest BCUT2D eigenvalue weighted by Gasteiger charge is -2.30. The van der Waals surface area contributed by atoms with Crippen molar-refractivity contribution in [3.8, 4) is 5.75 Å². The van der Waals surface area contributed by atoms with E-state index in [2.05, 4.69) is 10.6 Å². The van der Waals surface area contributed by atoms with Crippen LogP contribution in [0.1, 0.15) is 19.4 Å². The minimum atomic E-state index is -0.536. The van der Waals surface area contributed by atoms with Crippen LogP contribution in [0.25, 0.3) is 0 Å². The van der Waals surface area contributed by atoms with E-state index in [1.165, 1.54) is 0 Å². The number of urea groups is 1. The smallest absolute Gasteiger partial charge is 0.321 e. The van der Waals surface area contributed by atoms with Crippen molar-refractivity contribution in [2.75, 3.05) is 18.6 Å². The third-order valence-corrected chi connectivity index (χ3v) is 4.02. The number of carbonyl (C=O) groups excluding carboxylic acids is 2. The van der Waals surface area contributed by atoms with Crippen LogP contribution in [0, 0.1) is 0 Å².